The van der Waals surface area contributed by atoms with Crippen LogP contribution in [-0.2, 0) is 14.4 Å². The van der Waals surface area contributed by atoms with Crippen molar-refractivity contribution in [3.05, 3.63) is 63.7 Å². The summed E-state index contributed by atoms with van der Waals surface area (Å²) in [6.07, 6.45) is 1.21. The molecule has 0 radical (unpaired) electrons. The van der Waals surface area contributed by atoms with Crippen molar-refractivity contribution in [2.75, 3.05) is 29.9 Å². The molecule has 3 amide bonds. The molecule has 2 aliphatic rings. The number of nitro groups is 1. The molecule has 0 unspecified atom stereocenters. The average Bonchev–Trinajstić information content (AvgIpc) is 3.21. The van der Waals surface area contributed by atoms with E-state index >= 15 is 0 Å². The first-order valence-corrected chi connectivity index (χ1v) is 11.4. The Morgan fingerprint density at radius 2 is 1.71 bits per heavy atom. The maximum atomic E-state index is 13.1. The molecule has 2 aliphatic heterocycles. The first-order valence-electron chi connectivity index (χ1n) is 11.4. The van der Waals surface area contributed by atoms with Gasteiger partial charge in [0.2, 0.25) is 17.7 Å². The molecule has 2 fully saturated rings. The number of likely N-dealkylation sites (tertiary alicyclic amines) is 1. The number of rotatable bonds is 5. The van der Waals surface area contributed by atoms with E-state index in [0.29, 0.717) is 43.7 Å². The third-order valence-corrected chi connectivity index (χ3v) is 6.76. The van der Waals surface area contributed by atoms with Crippen LogP contribution in [0.3, 0.4) is 0 Å². The lowest BCUT2D eigenvalue weighted by molar-refractivity contribution is -0.385. The number of nitro benzene ring substituents is 1. The number of hydrogen-bond acceptors (Lipinski definition) is 5. The molecule has 34 heavy (non-hydrogen) atoms. The molecule has 1 N–H and O–H groups in total. The predicted molar refractivity (Wildman–Crippen MR) is 127 cm³/mol. The fourth-order valence-electron chi connectivity index (χ4n) is 4.66. The highest BCUT2D eigenvalue weighted by atomic mass is 16.6. The molecule has 2 aromatic rings. The van der Waals surface area contributed by atoms with Crippen LogP contribution in [0, 0.1) is 35.8 Å². The summed E-state index contributed by atoms with van der Waals surface area (Å²) in [7, 11) is 0. The molecule has 0 aromatic heterocycles. The Labute approximate surface area is 197 Å². The Morgan fingerprint density at radius 3 is 2.35 bits per heavy atom. The second-order valence-corrected chi connectivity index (χ2v) is 9.04. The van der Waals surface area contributed by atoms with Gasteiger partial charge in [0.05, 0.1) is 22.1 Å². The molecule has 9 heteroatoms. The molecule has 0 bridgehead atoms. The number of hydrogen-bond donors (Lipinski definition) is 1. The fraction of sp³-hybridized carbons (Fsp3) is 0.400. The summed E-state index contributed by atoms with van der Waals surface area (Å²) in [6.45, 7) is 4.85. The van der Waals surface area contributed by atoms with Crippen molar-refractivity contribution < 1.29 is 19.3 Å². The number of aryl methyl sites for hydroxylation is 1. The molecule has 4 rings (SSSR count). The van der Waals surface area contributed by atoms with Crippen molar-refractivity contribution in [2.45, 2.75) is 33.1 Å². The van der Waals surface area contributed by atoms with Crippen LogP contribution in [0.2, 0.25) is 0 Å². The Morgan fingerprint density at radius 1 is 1.03 bits per heavy atom. The number of anilines is 2. The van der Waals surface area contributed by atoms with Gasteiger partial charge in [0, 0.05) is 43.7 Å². The largest absolute Gasteiger partial charge is 0.342 e. The zero-order valence-corrected chi connectivity index (χ0v) is 19.3. The summed E-state index contributed by atoms with van der Waals surface area (Å²) in [5.74, 6) is -0.957. The third kappa shape index (κ3) is 4.78. The topological polar surface area (TPSA) is 113 Å². The summed E-state index contributed by atoms with van der Waals surface area (Å²) in [5.41, 5.74) is 2.72. The van der Waals surface area contributed by atoms with Crippen molar-refractivity contribution in [3.63, 3.8) is 0 Å². The third-order valence-electron chi connectivity index (χ3n) is 6.76. The molecule has 0 spiro atoms. The number of benzene rings is 2. The zero-order valence-electron chi connectivity index (χ0n) is 19.3. The normalized spacial score (nSPS) is 18.8. The Hall–Kier alpha value is -3.75. The lowest BCUT2D eigenvalue weighted by Crippen LogP contribution is -2.44. The standard InChI is InChI=1S/C25H28N4O5/c1-16-6-8-20(9-7-16)28-15-19(14-23(28)30)25(32)27-12-10-18(11-13-27)24(31)26-21-4-3-5-22(17(21)2)29(33)34/h3-9,18-19H,10-15H2,1-2H3,(H,26,31)/t19-/m0/s1. The van der Waals surface area contributed by atoms with Gasteiger partial charge in [0.1, 0.15) is 0 Å². The van der Waals surface area contributed by atoms with Crippen LogP contribution in [0.1, 0.15) is 30.4 Å². The van der Waals surface area contributed by atoms with Gasteiger partial charge < -0.3 is 15.1 Å². The van der Waals surface area contributed by atoms with Gasteiger partial charge in [0.25, 0.3) is 5.69 Å². The maximum absolute atomic E-state index is 13.1. The Bertz CT molecular complexity index is 1120. The Balaban J connectivity index is 1.32. The lowest BCUT2D eigenvalue weighted by Gasteiger charge is -2.33. The van der Waals surface area contributed by atoms with Gasteiger partial charge in [-0.15, -0.1) is 0 Å². The minimum absolute atomic E-state index is 0.0380. The first-order chi connectivity index (χ1) is 16.2. The number of piperidine rings is 1. The van der Waals surface area contributed by atoms with Crippen LogP contribution < -0.4 is 10.2 Å². The minimum Gasteiger partial charge on any atom is -0.342 e. The van der Waals surface area contributed by atoms with Crippen LogP contribution in [-0.4, -0.2) is 47.2 Å². The van der Waals surface area contributed by atoms with E-state index in [4.69, 9.17) is 0 Å². The van der Waals surface area contributed by atoms with Crippen molar-refractivity contribution in [3.8, 4) is 0 Å². The van der Waals surface area contributed by atoms with E-state index < -0.39 is 4.92 Å². The average molecular weight is 465 g/mol. The van der Waals surface area contributed by atoms with E-state index in [1.54, 1.807) is 28.9 Å². The van der Waals surface area contributed by atoms with Gasteiger partial charge in [-0.1, -0.05) is 23.8 Å². The molecule has 2 heterocycles. The van der Waals surface area contributed by atoms with Gasteiger partial charge in [0.15, 0.2) is 0 Å². The number of carbonyl (C=O) groups is 3. The monoisotopic (exact) mass is 464 g/mol. The van der Waals surface area contributed by atoms with Crippen molar-refractivity contribution in [1.82, 2.24) is 4.90 Å². The summed E-state index contributed by atoms with van der Waals surface area (Å²) >= 11 is 0. The van der Waals surface area contributed by atoms with Gasteiger partial charge >= 0.3 is 0 Å². The van der Waals surface area contributed by atoms with Gasteiger partial charge in [-0.3, -0.25) is 24.5 Å². The fourth-order valence-corrected chi connectivity index (χ4v) is 4.66. The van der Waals surface area contributed by atoms with E-state index in [1.807, 2.05) is 31.2 Å². The van der Waals surface area contributed by atoms with E-state index in [9.17, 15) is 24.5 Å². The SMILES string of the molecule is Cc1ccc(N2C[C@@H](C(=O)N3CCC(C(=O)Nc4cccc([N+](=O)[O-])c4C)CC3)CC2=O)cc1. The highest BCUT2D eigenvalue weighted by Gasteiger charge is 2.38. The highest BCUT2D eigenvalue weighted by Crippen LogP contribution is 2.29. The van der Waals surface area contributed by atoms with E-state index in [-0.39, 0.29) is 41.7 Å². The minimum atomic E-state index is -0.469. The summed E-state index contributed by atoms with van der Waals surface area (Å²) < 4.78 is 0. The zero-order chi connectivity index (χ0) is 24.4. The van der Waals surface area contributed by atoms with Crippen LogP contribution in [0.15, 0.2) is 42.5 Å². The van der Waals surface area contributed by atoms with Crippen LogP contribution in [0.25, 0.3) is 0 Å². The number of amides is 3. The summed E-state index contributed by atoms with van der Waals surface area (Å²) in [6, 6.07) is 12.3. The van der Waals surface area contributed by atoms with Crippen molar-refractivity contribution in [2.24, 2.45) is 11.8 Å². The Kier molecular flexibility index (Phi) is 6.63. The second-order valence-electron chi connectivity index (χ2n) is 9.04. The van der Waals surface area contributed by atoms with Gasteiger partial charge in [-0.2, -0.15) is 0 Å². The van der Waals surface area contributed by atoms with Gasteiger partial charge in [-0.05, 0) is 44.9 Å². The molecular formula is C25H28N4O5. The first kappa shape index (κ1) is 23.4. The highest BCUT2D eigenvalue weighted by molar-refractivity contribution is 6.00. The molecule has 9 nitrogen and oxygen atoms in total. The molecule has 2 aromatic carbocycles. The van der Waals surface area contributed by atoms with E-state index in [2.05, 4.69) is 5.32 Å². The molecule has 178 valence electrons. The second kappa shape index (κ2) is 9.62. The molecule has 1 atom stereocenters. The smallest absolute Gasteiger partial charge is 0.274 e. The maximum Gasteiger partial charge on any atom is 0.274 e. The number of carbonyl (C=O) groups excluding carboxylic acids is 3. The van der Waals surface area contributed by atoms with Crippen LogP contribution in [0.5, 0.6) is 0 Å². The van der Waals surface area contributed by atoms with E-state index in [0.717, 1.165) is 11.3 Å². The number of nitrogens with zero attached hydrogens (tertiary/aromatic N) is 3. The van der Waals surface area contributed by atoms with Crippen LogP contribution >= 0.6 is 0 Å². The predicted octanol–water partition coefficient (Wildman–Crippen LogP) is 3.44. The quantitative estimate of drug-likeness (QED) is 0.538. The van der Waals surface area contributed by atoms with Crippen LogP contribution in [0.4, 0.5) is 17.1 Å². The molecular weight excluding hydrogens is 436 g/mol. The van der Waals surface area contributed by atoms with Crippen molar-refractivity contribution in [1.29, 1.82) is 0 Å². The molecule has 0 saturated carbocycles. The van der Waals surface area contributed by atoms with Gasteiger partial charge in [-0.25, -0.2) is 0 Å². The summed E-state index contributed by atoms with van der Waals surface area (Å²) in [4.78, 5) is 52.4. The number of nitrogens with one attached hydrogen (secondary N) is 1. The summed E-state index contributed by atoms with van der Waals surface area (Å²) in [5, 5.41) is 13.9. The van der Waals surface area contributed by atoms with E-state index in [1.165, 1.54) is 6.07 Å². The molecule has 2 saturated heterocycles. The van der Waals surface area contributed by atoms with Crippen molar-refractivity contribution >= 4 is 34.8 Å². The lowest BCUT2D eigenvalue weighted by atomic mass is 9.94. The molecule has 0 aliphatic carbocycles.